The van der Waals surface area contributed by atoms with E-state index in [1.807, 2.05) is 0 Å². The molecule has 0 amide bonds. The predicted molar refractivity (Wildman–Crippen MR) is 89.5 cm³/mol. The molecule has 0 fully saturated rings. The third-order valence-electron chi connectivity index (χ3n) is 4.09. The average molecular weight is 320 g/mol. The highest BCUT2D eigenvalue weighted by atomic mass is 16.4. The second-order valence-electron chi connectivity index (χ2n) is 5.45. The van der Waals surface area contributed by atoms with E-state index in [-0.39, 0.29) is 11.4 Å². The van der Waals surface area contributed by atoms with E-state index in [1.165, 1.54) is 0 Å². The van der Waals surface area contributed by atoms with Crippen molar-refractivity contribution >= 4 is 33.7 Å². The van der Waals surface area contributed by atoms with Crippen LogP contribution in [0.15, 0.2) is 48.5 Å². The SMILES string of the molecule is O=C(O)c1[nH]c2ccccc2c1-c1c(C(=O)O)[nH]c2ccccc12. The zero-order valence-electron chi connectivity index (χ0n) is 12.3. The van der Waals surface area contributed by atoms with Crippen LogP contribution < -0.4 is 0 Å². The van der Waals surface area contributed by atoms with E-state index in [9.17, 15) is 19.8 Å². The number of rotatable bonds is 3. The molecule has 0 saturated heterocycles. The number of nitrogens with one attached hydrogen (secondary N) is 2. The fraction of sp³-hybridized carbons (Fsp3) is 0. The zero-order chi connectivity index (χ0) is 16.8. The summed E-state index contributed by atoms with van der Waals surface area (Å²) in [5, 5.41) is 20.5. The van der Waals surface area contributed by atoms with Gasteiger partial charge in [0, 0.05) is 32.9 Å². The number of H-pyrrole nitrogens is 2. The number of hydrogen-bond donors (Lipinski definition) is 4. The molecule has 2 aromatic carbocycles. The molecule has 6 nitrogen and oxygen atoms in total. The highest BCUT2D eigenvalue weighted by Crippen LogP contribution is 2.39. The number of fused-ring (bicyclic) bond motifs is 2. The maximum atomic E-state index is 11.7. The molecule has 0 aliphatic heterocycles. The topological polar surface area (TPSA) is 106 Å². The van der Waals surface area contributed by atoms with Gasteiger partial charge in [-0.15, -0.1) is 0 Å². The van der Waals surface area contributed by atoms with Gasteiger partial charge in [0.2, 0.25) is 0 Å². The molecule has 0 aliphatic carbocycles. The van der Waals surface area contributed by atoms with Gasteiger partial charge in [0.15, 0.2) is 0 Å². The molecule has 0 radical (unpaired) electrons. The van der Waals surface area contributed by atoms with E-state index in [2.05, 4.69) is 9.97 Å². The Morgan fingerprint density at radius 3 is 1.42 bits per heavy atom. The van der Waals surface area contributed by atoms with E-state index in [4.69, 9.17) is 0 Å². The smallest absolute Gasteiger partial charge is 0.352 e. The number of benzene rings is 2. The lowest BCUT2D eigenvalue weighted by Crippen LogP contribution is -2.02. The molecule has 4 rings (SSSR count). The van der Waals surface area contributed by atoms with Crippen molar-refractivity contribution in [1.82, 2.24) is 9.97 Å². The summed E-state index contributed by atoms with van der Waals surface area (Å²) in [5.41, 5.74) is 2.01. The summed E-state index contributed by atoms with van der Waals surface area (Å²) in [7, 11) is 0. The summed E-state index contributed by atoms with van der Waals surface area (Å²) in [6, 6.07) is 14.3. The average Bonchev–Trinajstić information content (AvgIpc) is 3.12. The quantitative estimate of drug-likeness (QED) is 0.461. The molecular formula is C18H12N2O4. The van der Waals surface area contributed by atoms with Gasteiger partial charge >= 0.3 is 11.9 Å². The number of carboxylic acid groups (broad SMARTS) is 2. The normalized spacial score (nSPS) is 11.2. The number of aromatic nitrogens is 2. The van der Waals surface area contributed by atoms with Crippen LogP contribution in [0.3, 0.4) is 0 Å². The summed E-state index contributed by atoms with van der Waals surface area (Å²) in [4.78, 5) is 29.2. The lowest BCUT2D eigenvalue weighted by molar-refractivity contribution is 0.0679. The van der Waals surface area contributed by atoms with Crippen molar-refractivity contribution in [3.05, 3.63) is 59.9 Å². The molecule has 24 heavy (non-hydrogen) atoms. The summed E-state index contributed by atoms with van der Waals surface area (Å²) < 4.78 is 0. The summed E-state index contributed by atoms with van der Waals surface area (Å²) >= 11 is 0. The Hall–Kier alpha value is -3.54. The van der Waals surface area contributed by atoms with Gasteiger partial charge in [-0.1, -0.05) is 36.4 Å². The Morgan fingerprint density at radius 1 is 0.667 bits per heavy atom. The van der Waals surface area contributed by atoms with Crippen molar-refractivity contribution in [3.8, 4) is 11.1 Å². The van der Waals surface area contributed by atoms with Gasteiger partial charge in [-0.25, -0.2) is 9.59 Å². The second-order valence-corrected chi connectivity index (χ2v) is 5.45. The number of carbonyl (C=O) groups is 2. The molecule has 118 valence electrons. The Kier molecular flexibility index (Phi) is 2.93. The Morgan fingerprint density at radius 2 is 1.04 bits per heavy atom. The first-order valence-corrected chi connectivity index (χ1v) is 7.26. The first-order valence-electron chi connectivity index (χ1n) is 7.26. The van der Waals surface area contributed by atoms with Crippen LogP contribution in [0.4, 0.5) is 0 Å². The zero-order valence-corrected chi connectivity index (χ0v) is 12.3. The molecule has 0 saturated carbocycles. The first-order chi connectivity index (χ1) is 11.6. The predicted octanol–water partition coefficient (Wildman–Crippen LogP) is 3.71. The molecule has 4 aromatic rings. The highest BCUT2D eigenvalue weighted by Gasteiger charge is 2.26. The fourth-order valence-electron chi connectivity index (χ4n) is 3.12. The van der Waals surface area contributed by atoms with Crippen molar-refractivity contribution in [2.24, 2.45) is 0 Å². The van der Waals surface area contributed by atoms with Crippen LogP contribution in [0.25, 0.3) is 32.9 Å². The van der Waals surface area contributed by atoms with E-state index >= 15 is 0 Å². The Balaban J connectivity index is 2.21. The van der Waals surface area contributed by atoms with Gasteiger partial charge in [0.1, 0.15) is 11.4 Å². The number of hydrogen-bond acceptors (Lipinski definition) is 2. The van der Waals surface area contributed by atoms with E-state index < -0.39 is 11.9 Å². The minimum absolute atomic E-state index is 0.0246. The molecule has 2 heterocycles. The lowest BCUT2D eigenvalue weighted by Gasteiger charge is -2.03. The minimum atomic E-state index is -1.14. The fourth-order valence-corrected chi connectivity index (χ4v) is 3.12. The molecule has 0 atom stereocenters. The van der Waals surface area contributed by atoms with Crippen LogP contribution in [0.1, 0.15) is 21.0 Å². The van der Waals surface area contributed by atoms with E-state index in [0.717, 1.165) is 0 Å². The van der Waals surface area contributed by atoms with Gasteiger partial charge < -0.3 is 20.2 Å². The van der Waals surface area contributed by atoms with Gasteiger partial charge in [-0.05, 0) is 12.1 Å². The monoisotopic (exact) mass is 320 g/mol. The van der Waals surface area contributed by atoms with Crippen molar-refractivity contribution < 1.29 is 19.8 Å². The van der Waals surface area contributed by atoms with Gasteiger partial charge in [0.25, 0.3) is 0 Å². The maximum Gasteiger partial charge on any atom is 0.352 e. The van der Waals surface area contributed by atoms with Gasteiger partial charge in [-0.3, -0.25) is 0 Å². The summed E-state index contributed by atoms with van der Waals surface area (Å²) in [6.45, 7) is 0. The number of para-hydroxylation sites is 2. The number of carboxylic acids is 2. The largest absolute Gasteiger partial charge is 0.477 e. The standard InChI is InChI=1S/C18H12N2O4/c21-17(22)15-13(9-5-1-3-7-11(9)19-15)14-10-6-2-4-8-12(10)20-16(14)18(23)24/h1-8,19-20H,(H,21,22)(H,23,24). The molecular weight excluding hydrogens is 308 g/mol. The van der Waals surface area contributed by atoms with Crippen LogP contribution in [0.2, 0.25) is 0 Å². The van der Waals surface area contributed by atoms with Crippen molar-refractivity contribution in [2.75, 3.05) is 0 Å². The maximum absolute atomic E-state index is 11.7. The summed E-state index contributed by atoms with van der Waals surface area (Å²) in [6.07, 6.45) is 0. The van der Waals surface area contributed by atoms with Crippen LogP contribution in [-0.2, 0) is 0 Å². The molecule has 0 bridgehead atoms. The number of aromatic amines is 2. The Bertz CT molecular complexity index is 1030. The van der Waals surface area contributed by atoms with Crippen molar-refractivity contribution in [3.63, 3.8) is 0 Å². The second kappa shape index (κ2) is 4.99. The van der Waals surface area contributed by atoms with Gasteiger partial charge in [-0.2, -0.15) is 0 Å². The first kappa shape index (κ1) is 14.1. The van der Waals surface area contributed by atoms with Crippen molar-refractivity contribution in [1.29, 1.82) is 0 Å². The lowest BCUT2D eigenvalue weighted by atomic mass is 9.98. The van der Waals surface area contributed by atoms with Gasteiger partial charge in [0.05, 0.1) is 0 Å². The van der Waals surface area contributed by atoms with E-state index in [0.29, 0.717) is 32.9 Å². The minimum Gasteiger partial charge on any atom is -0.477 e. The molecule has 6 heteroatoms. The number of aromatic carboxylic acids is 2. The molecule has 0 aliphatic rings. The molecule has 0 spiro atoms. The molecule has 2 aromatic heterocycles. The van der Waals surface area contributed by atoms with Crippen LogP contribution in [0.5, 0.6) is 0 Å². The van der Waals surface area contributed by atoms with Crippen LogP contribution in [0, 0.1) is 0 Å². The molecule has 0 unspecified atom stereocenters. The van der Waals surface area contributed by atoms with Crippen LogP contribution >= 0.6 is 0 Å². The highest BCUT2D eigenvalue weighted by molar-refractivity contribution is 6.17. The Labute approximate surface area is 135 Å². The third-order valence-corrected chi connectivity index (χ3v) is 4.09. The van der Waals surface area contributed by atoms with Crippen molar-refractivity contribution in [2.45, 2.75) is 0 Å². The molecule has 4 N–H and O–H groups in total. The summed E-state index contributed by atoms with van der Waals surface area (Å²) in [5.74, 6) is -2.27. The van der Waals surface area contributed by atoms with Crippen LogP contribution in [-0.4, -0.2) is 32.1 Å². The third kappa shape index (κ3) is 1.90. The van der Waals surface area contributed by atoms with E-state index in [1.54, 1.807) is 48.5 Å².